The summed E-state index contributed by atoms with van der Waals surface area (Å²) in [5.74, 6) is 0.188. The molecule has 17 heavy (non-hydrogen) atoms. The van der Waals surface area contributed by atoms with Gasteiger partial charge in [-0.3, -0.25) is 9.69 Å². The van der Waals surface area contributed by atoms with Crippen molar-refractivity contribution in [1.82, 2.24) is 9.80 Å². The summed E-state index contributed by atoms with van der Waals surface area (Å²) >= 11 is 3.89. The standard InChI is InChI=1S/C12H17IN2OS/c1-9(2)14-3-5-15(6-4-14)12(16)10-7-11(13)17-8-10/h7-9H,3-6H2,1-2H3. The Morgan fingerprint density at radius 3 is 2.47 bits per heavy atom. The normalized spacial score (nSPS) is 17.8. The molecule has 1 fully saturated rings. The quantitative estimate of drug-likeness (QED) is 0.753. The average Bonchev–Trinajstić information content (AvgIpc) is 2.75. The molecular formula is C12H17IN2OS. The van der Waals surface area contributed by atoms with E-state index >= 15 is 0 Å². The average molecular weight is 364 g/mol. The van der Waals surface area contributed by atoms with Gasteiger partial charge in [-0.05, 0) is 42.5 Å². The second-order valence-corrected chi connectivity index (χ2v) is 7.37. The summed E-state index contributed by atoms with van der Waals surface area (Å²) in [6.07, 6.45) is 0. The van der Waals surface area contributed by atoms with E-state index in [0.29, 0.717) is 6.04 Å². The third-order valence-corrected chi connectivity index (χ3v) is 4.94. The zero-order valence-corrected chi connectivity index (χ0v) is 13.1. The molecule has 1 aromatic heterocycles. The van der Waals surface area contributed by atoms with E-state index < -0.39 is 0 Å². The number of thiophene rings is 1. The molecule has 0 aromatic carbocycles. The van der Waals surface area contributed by atoms with Crippen LogP contribution in [0.4, 0.5) is 0 Å². The number of hydrogen-bond donors (Lipinski definition) is 0. The predicted molar refractivity (Wildman–Crippen MR) is 79.6 cm³/mol. The molecule has 1 aliphatic rings. The Morgan fingerprint density at radius 2 is 2.00 bits per heavy atom. The molecule has 5 heteroatoms. The summed E-state index contributed by atoms with van der Waals surface area (Å²) in [7, 11) is 0. The number of hydrogen-bond acceptors (Lipinski definition) is 3. The highest BCUT2D eigenvalue weighted by molar-refractivity contribution is 14.1. The van der Waals surface area contributed by atoms with Crippen LogP contribution in [0, 0.1) is 2.88 Å². The molecule has 0 spiro atoms. The highest BCUT2D eigenvalue weighted by Crippen LogP contribution is 2.19. The molecule has 0 unspecified atom stereocenters. The van der Waals surface area contributed by atoms with Crippen molar-refractivity contribution in [2.75, 3.05) is 26.2 Å². The third-order valence-electron chi connectivity index (χ3n) is 3.15. The van der Waals surface area contributed by atoms with E-state index in [0.717, 1.165) is 31.7 Å². The maximum atomic E-state index is 12.2. The first-order valence-corrected chi connectivity index (χ1v) is 7.81. The number of amides is 1. The van der Waals surface area contributed by atoms with Crippen LogP contribution in [-0.4, -0.2) is 47.9 Å². The van der Waals surface area contributed by atoms with Gasteiger partial charge in [-0.25, -0.2) is 0 Å². The molecule has 0 bridgehead atoms. The van der Waals surface area contributed by atoms with Crippen molar-refractivity contribution in [2.24, 2.45) is 0 Å². The topological polar surface area (TPSA) is 23.6 Å². The fourth-order valence-electron chi connectivity index (χ4n) is 2.05. The highest BCUT2D eigenvalue weighted by atomic mass is 127. The molecule has 1 saturated heterocycles. The van der Waals surface area contributed by atoms with Crippen molar-refractivity contribution in [3.8, 4) is 0 Å². The minimum atomic E-state index is 0.188. The minimum absolute atomic E-state index is 0.188. The molecule has 3 nitrogen and oxygen atoms in total. The Hall–Kier alpha value is -0.140. The van der Waals surface area contributed by atoms with Crippen LogP contribution in [0.1, 0.15) is 24.2 Å². The smallest absolute Gasteiger partial charge is 0.254 e. The molecule has 2 heterocycles. The van der Waals surface area contributed by atoms with E-state index in [1.54, 1.807) is 11.3 Å². The molecule has 0 atom stereocenters. The minimum Gasteiger partial charge on any atom is -0.336 e. The van der Waals surface area contributed by atoms with Gasteiger partial charge in [0.2, 0.25) is 0 Å². The van der Waals surface area contributed by atoms with E-state index in [1.807, 2.05) is 16.3 Å². The molecule has 0 radical (unpaired) electrons. The fourth-order valence-corrected chi connectivity index (χ4v) is 3.37. The Kier molecular flexibility index (Phi) is 4.43. The highest BCUT2D eigenvalue weighted by Gasteiger charge is 2.23. The Labute approximate surface area is 120 Å². The zero-order chi connectivity index (χ0) is 12.4. The molecule has 0 aliphatic carbocycles. The molecule has 1 aromatic rings. The van der Waals surface area contributed by atoms with Crippen LogP contribution in [0.2, 0.25) is 0 Å². The summed E-state index contributed by atoms with van der Waals surface area (Å²) < 4.78 is 1.17. The number of piperazine rings is 1. The van der Waals surface area contributed by atoms with Crippen molar-refractivity contribution in [2.45, 2.75) is 19.9 Å². The van der Waals surface area contributed by atoms with Gasteiger partial charge in [0.15, 0.2) is 0 Å². The number of rotatable bonds is 2. The summed E-state index contributed by atoms with van der Waals surface area (Å²) in [6, 6.07) is 2.55. The zero-order valence-electron chi connectivity index (χ0n) is 10.1. The van der Waals surface area contributed by atoms with E-state index in [-0.39, 0.29) is 5.91 Å². The molecule has 1 amide bonds. The Bertz CT molecular complexity index is 397. The monoisotopic (exact) mass is 364 g/mol. The third kappa shape index (κ3) is 3.20. The first-order valence-electron chi connectivity index (χ1n) is 5.85. The van der Waals surface area contributed by atoms with E-state index in [1.165, 1.54) is 2.88 Å². The van der Waals surface area contributed by atoms with Gasteiger partial charge >= 0.3 is 0 Å². The van der Waals surface area contributed by atoms with Gasteiger partial charge in [-0.15, -0.1) is 11.3 Å². The lowest BCUT2D eigenvalue weighted by molar-refractivity contribution is 0.0596. The Balaban J connectivity index is 1.95. The second kappa shape index (κ2) is 5.67. The van der Waals surface area contributed by atoms with Gasteiger partial charge in [-0.2, -0.15) is 0 Å². The summed E-state index contributed by atoms with van der Waals surface area (Å²) in [4.78, 5) is 16.6. The van der Waals surface area contributed by atoms with Crippen molar-refractivity contribution >= 4 is 39.8 Å². The predicted octanol–water partition coefficient (Wildman–Crippen LogP) is 2.52. The number of halogens is 1. The van der Waals surface area contributed by atoms with Gasteiger partial charge in [0.25, 0.3) is 5.91 Å². The van der Waals surface area contributed by atoms with Gasteiger partial charge < -0.3 is 4.90 Å². The van der Waals surface area contributed by atoms with Crippen molar-refractivity contribution in [3.05, 3.63) is 19.9 Å². The maximum absolute atomic E-state index is 12.2. The van der Waals surface area contributed by atoms with Crippen molar-refractivity contribution < 1.29 is 4.79 Å². The van der Waals surface area contributed by atoms with Crippen LogP contribution in [0.25, 0.3) is 0 Å². The van der Waals surface area contributed by atoms with Gasteiger partial charge in [0.05, 0.1) is 8.45 Å². The maximum Gasteiger partial charge on any atom is 0.254 e. The SMILES string of the molecule is CC(C)N1CCN(C(=O)c2csc(I)c2)CC1. The van der Waals surface area contributed by atoms with Crippen molar-refractivity contribution in [1.29, 1.82) is 0 Å². The van der Waals surface area contributed by atoms with Crippen LogP contribution in [-0.2, 0) is 0 Å². The number of carbonyl (C=O) groups excluding carboxylic acids is 1. The summed E-state index contributed by atoms with van der Waals surface area (Å²) in [5, 5.41) is 1.96. The summed E-state index contributed by atoms with van der Waals surface area (Å²) in [5.41, 5.74) is 0.845. The molecule has 0 saturated carbocycles. The molecule has 2 rings (SSSR count). The van der Waals surface area contributed by atoms with E-state index in [2.05, 4.69) is 41.3 Å². The summed E-state index contributed by atoms with van der Waals surface area (Å²) in [6.45, 7) is 8.10. The fraction of sp³-hybridized carbons (Fsp3) is 0.583. The van der Waals surface area contributed by atoms with Crippen LogP contribution in [0.15, 0.2) is 11.4 Å². The van der Waals surface area contributed by atoms with E-state index in [4.69, 9.17) is 0 Å². The van der Waals surface area contributed by atoms with Gasteiger partial charge in [0.1, 0.15) is 0 Å². The number of nitrogens with zero attached hydrogens (tertiary/aromatic N) is 2. The van der Waals surface area contributed by atoms with Gasteiger partial charge in [-0.1, -0.05) is 0 Å². The lowest BCUT2D eigenvalue weighted by Gasteiger charge is -2.36. The largest absolute Gasteiger partial charge is 0.336 e. The Morgan fingerprint density at radius 1 is 1.35 bits per heavy atom. The first-order chi connectivity index (χ1) is 8.08. The molecule has 94 valence electrons. The van der Waals surface area contributed by atoms with E-state index in [9.17, 15) is 4.79 Å². The van der Waals surface area contributed by atoms with Crippen LogP contribution < -0.4 is 0 Å². The molecule has 0 N–H and O–H groups in total. The van der Waals surface area contributed by atoms with Gasteiger partial charge in [0, 0.05) is 37.6 Å². The van der Waals surface area contributed by atoms with Crippen LogP contribution in [0.3, 0.4) is 0 Å². The second-order valence-electron chi connectivity index (χ2n) is 4.56. The van der Waals surface area contributed by atoms with Crippen molar-refractivity contribution in [3.63, 3.8) is 0 Å². The molecular weight excluding hydrogens is 347 g/mol. The molecule has 1 aliphatic heterocycles. The van der Waals surface area contributed by atoms with Crippen LogP contribution in [0.5, 0.6) is 0 Å². The number of carbonyl (C=O) groups is 1. The lowest BCUT2D eigenvalue weighted by atomic mass is 10.2. The lowest BCUT2D eigenvalue weighted by Crippen LogP contribution is -2.50. The first kappa shape index (κ1) is 13.3. The van der Waals surface area contributed by atoms with Crippen LogP contribution >= 0.6 is 33.9 Å².